The Morgan fingerprint density at radius 3 is 2.19 bits per heavy atom. The van der Waals surface area contributed by atoms with Gasteiger partial charge in [0.05, 0.1) is 0 Å². The van der Waals surface area contributed by atoms with E-state index in [1.165, 1.54) is 0 Å². The van der Waals surface area contributed by atoms with Crippen LogP contribution in [-0.4, -0.2) is 37.0 Å². The van der Waals surface area contributed by atoms with Crippen molar-refractivity contribution in [3.05, 3.63) is 72.1 Å². The minimum atomic E-state index is -0.263. The number of rotatable bonds is 5. The number of aryl methyl sites for hydroxylation is 1. The van der Waals surface area contributed by atoms with Gasteiger partial charge in [0.2, 0.25) is 5.95 Å². The Hall–Kier alpha value is -3.41. The molecule has 0 fully saturated rings. The average molecular weight is 361 g/mol. The van der Waals surface area contributed by atoms with Crippen LogP contribution in [0.4, 0.5) is 23.0 Å². The molecule has 1 amide bonds. The maximum absolute atomic E-state index is 12.7. The number of hydrogen-bond acceptors (Lipinski definition) is 5. The van der Waals surface area contributed by atoms with Gasteiger partial charge in [0, 0.05) is 43.9 Å². The van der Waals surface area contributed by atoms with Crippen LogP contribution < -0.4 is 15.1 Å². The van der Waals surface area contributed by atoms with Gasteiger partial charge in [-0.2, -0.15) is 0 Å². The van der Waals surface area contributed by atoms with Crippen LogP contribution in [0.25, 0.3) is 0 Å². The second kappa shape index (κ2) is 7.86. The highest BCUT2D eigenvalue weighted by atomic mass is 16.1. The van der Waals surface area contributed by atoms with Gasteiger partial charge in [-0.3, -0.25) is 4.79 Å². The molecule has 1 aromatic heterocycles. The first-order chi connectivity index (χ1) is 12.9. The number of aromatic nitrogens is 2. The summed E-state index contributed by atoms with van der Waals surface area (Å²) in [5.41, 5.74) is 3.80. The van der Waals surface area contributed by atoms with E-state index in [9.17, 15) is 4.79 Å². The SMILES string of the molecule is Cc1cc(C(=O)Nc2ccc(N(C)C)cc2)nc(N(C)c2ccccc2)n1. The van der Waals surface area contributed by atoms with Crippen molar-refractivity contribution in [2.75, 3.05) is 36.3 Å². The molecule has 0 spiro atoms. The van der Waals surface area contributed by atoms with Gasteiger partial charge < -0.3 is 15.1 Å². The van der Waals surface area contributed by atoms with E-state index < -0.39 is 0 Å². The van der Waals surface area contributed by atoms with E-state index in [2.05, 4.69) is 15.3 Å². The molecular weight excluding hydrogens is 338 g/mol. The topological polar surface area (TPSA) is 61.4 Å². The van der Waals surface area contributed by atoms with Crippen LogP contribution in [0.2, 0.25) is 0 Å². The lowest BCUT2D eigenvalue weighted by Crippen LogP contribution is -2.19. The standard InChI is InChI=1S/C21H23N5O/c1-15-14-19(20(27)23-16-10-12-17(13-11-16)25(2)3)24-21(22-15)26(4)18-8-6-5-7-9-18/h5-14H,1-4H3,(H,23,27). The second-order valence-corrected chi connectivity index (χ2v) is 6.48. The minimum Gasteiger partial charge on any atom is -0.378 e. The molecule has 0 aliphatic rings. The number of amides is 1. The van der Waals surface area contributed by atoms with Crippen LogP contribution in [0.3, 0.4) is 0 Å². The van der Waals surface area contributed by atoms with Gasteiger partial charge >= 0.3 is 0 Å². The Labute approximate surface area is 159 Å². The molecular formula is C21H23N5O. The predicted octanol–water partition coefficient (Wildman–Crippen LogP) is 3.87. The highest BCUT2D eigenvalue weighted by Crippen LogP contribution is 2.21. The van der Waals surface area contributed by atoms with E-state index in [0.29, 0.717) is 11.6 Å². The van der Waals surface area contributed by atoms with Gasteiger partial charge in [-0.15, -0.1) is 0 Å². The van der Waals surface area contributed by atoms with Crippen molar-refractivity contribution < 1.29 is 4.79 Å². The van der Waals surface area contributed by atoms with Gasteiger partial charge in [0.25, 0.3) is 5.91 Å². The second-order valence-electron chi connectivity index (χ2n) is 6.48. The van der Waals surface area contributed by atoms with Crippen LogP contribution in [0.1, 0.15) is 16.2 Å². The average Bonchev–Trinajstić information content (AvgIpc) is 2.68. The van der Waals surface area contributed by atoms with Gasteiger partial charge in [-0.1, -0.05) is 18.2 Å². The van der Waals surface area contributed by atoms with E-state index in [1.807, 2.05) is 92.5 Å². The van der Waals surface area contributed by atoms with Crippen molar-refractivity contribution in [3.8, 4) is 0 Å². The lowest BCUT2D eigenvalue weighted by atomic mass is 10.2. The number of hydrogen-bond donors (Lipinski definition) is 1. The quantitative estimate of drug-likeness (QED) is 0.747. The predicted molar refractivity (Wildman–Crippen MR) is 110 cm³/mol. The summed E-state index contributed by atoms with van der Waals surface area (Å²) >= 11 is 0. The number of anilines is 4. The lowest BCUT2D eigenvalue weighted by molar-refractivity contribution is 0.102. The Morgan fingerprint density at radius 1 is 0.889 bits per heavy atom. The number of benzene rings is 2. The normalized spacial score (nSPS) is 10.4. The molecule has 2 aromatic carbocycles. The largest absolute Gasteiger partial charge is 0.378 e. The first kappa shape index (κ1) is 18.4. The highest BCUT2D eigenvalue weighted by Gasteiger charge is 2.14. The molecule has 3 aromatic rings. The third kappa shape index (κ3) is 4.41. The summed E-state index contributed by atoms with van der Waals surface area (Å²) in [7, 11) is 5.83. The summed E-state index contributed by atoms with van der Waals surface area (Å²) in [5, 5.41) is 2.89. The summed E-state index contributed by atoms with van der Waals surface area (Å²) in [4.78, 5) is 25.4. The Balaban J connectivity index is 1.81. The number of para-hydroxylation sites is 1. The molecule has 0 radical (unpaired) electrons. The molecule has 0 bridgehead atoms. The Morgan fingerprint density at radius 2 is 1.56 bits per heavy atom. The molecule has 6 nitrogen and oxygen atoms in total. The van der Waals surface area contributed by atoms with Crippen LogP contribution in [0, 0.1) is 6.92 Å². The third-order valence-electron chi connectivity index (χ3n) is 4.16. The summed E-state index contributed by atoms with van der Waals surface area (Å²) in [6.07, 6.45) is 0. The monoisotopic (exact) mass is 361 g/mol. The summed E-state index contributed by atoms with van der Waals surface area (Å²) in [5.74, 6) is 0.218. The van der Waals surface area contributed by atoms with Crippen molar-refractivity contribution in [2.24, 2.45) is 0 Å². The zero-order valence-electron chi connectivity index (χ0n) is 16.0. The zero-order valence-corrected chi connectivity index (χ0v) is 16.0. The Bertz CT molecular complexity index is 923. The Kier molecular flexibility index (Phi) is 5.35. The van der Waals surface area contributed by atoms with Crippen molar-refractivity contribution in [2.45, 2.75) is 6.92 Å². The summed E-state index contributed by atoms with van der Waals surface area (Å²) in [6, 6.07) is 19.1. The smallest absolute Gasteiger partial charge is 0.274 e. The first-order valence-corrected chi connectivity index (χ1v) is 8.67. The van der Waals surface area contributed by atoms with Crippen molar-refractivity contribution in [3.63, 3.8) is 0 Å². The van der Waals surface area contributed by atoms with Crippen LogP contribution in [0.5, 0.6) is 0 Å². The molecule has 0 aliphatic carbocycles. The highest BCUT2D eigenvalue weighted by molar-refractivity contribution is 6.03. The number of nitrogens with one attached hydrogen (secondary N) is 1. The van der Waals surface area contributed by atoms with E-state index in [4.69, 9.17) is 0 Å². The number of carbonyl (C=O) groups excluding carboxylic acids is 1. The van der Waals surface area contributed by atoms with Crippen molar-refractivity contribution in [1.82, 2.24) is 9.97 Å². The van der Waals surface area contributed by atoms with Gasteiger partial charge in [-0.05, 0) is 49.4 Å². The van der Waals surface area contributed by atoms with Gasteiger partial charge in [0.15, 0.2) is 0 Å². The fraction of sp³-hybridized carbons (Fsp3) is 0.190. The maximum Gasteiger partial charge on any atom is 0.274 e. The summed E-state index contributed by atoms with van der Waals surface area (Å²) in [6.45, 7) is 1.85. The molecule has 0 atom stereocenters. The van der Waals surface area contributed by atoms with E-state index in [-0.39, 0.29) is 5.91 Å². The molecule has 0 unspecified atom stereocenters. The van der Waals surface area contributed by atoms with Gasteiger partial charge in [0.1, 0.15) is 5.69 Å². The molecule has 0 aliphatic heterocycles. The van der Waals surface area contributed by atoms with E-state index >= 15 is 0 Å². The lowest BCUT2D eigenvalue weighted by Gasteiger charge is -2.18. The molecule has 6 heteroatoms. The molecule has 138 valence electrons. The summed E-state index contributed by atoms with van der Waals surface area (Å²) < 4.78 is 0. The first-order valence-electron chi connectivity index (χ1n) is 8.67. The fourth-order valence-corrected chi connectivity index (χ4v) is 2.62. The molecule has 1 heterocycles. The van der Waals surface area contributed by atoms with Crippen LogP contribution in [-0.2, 0) is 0 Å². The van der Waals surface area contributed by atoms with Gasteiger partial charge in [-0.25, -0.2) is 9.97 Å². The molecule has 0 saturated carbocycles. The number of carbonyl (C=O) groups is 1. The van der Waals surface area contributed by atoms with Crippen LogP contribution in [0.15, 0.2) is 60.7 Å². The van der Waals surface area contributed by atoms with Crippen molar-refractivity contribution >= 4 is 28.9 Å². The minimum absolute atomic E-state index is 0.263. The maximum atomic E-state index is 12.7. The molecule has 1 N–H and O–H groups in total. The van der Waals surface area contributed by atoms with Crippen LogP contribution >= 0.6 is 0 Å². The number of nitrogens with zero attached hydrogens (tertiary/aromatic N) is 4. The fourth-order valence-electron chi connectivity index (χ4n) is 2.62. The van der Waals surface area contributed by atoms with E-state index in [1.54, 1.807) is 6.07 Å². The third-order valence-corrected chi connectivity index (χ3v) is 4.16. The zero-order chi connectivity index (χ0) is 19.4. The van der Waals surface area contributed by atoms with E-state index in [0.717, 1.165) is 22.8 Å². The molecule has 27 heavy (non-hydrogen) atoms. The van der Waals surface area contributed by atoms with Crippen molar-refractivity contribution in [1.29, 1.82) is 0 Å². The molecule has 3 rings (SSSR count). The molecule has 0 saturated heterocycles.